The minimum absolute atomic E-state index is 0.756. The molecule has 0 radical (unpaired) electrons. The molecule has 0 bridgehead atoms. The molecule has 0 saturated heterocycles. The highest BCUT2D eigenvalue weighted by molar-refractivity contribution is 5.29. The van der Waals surface area contributed by atoms with Gasteiger partial charge in [-0.05, 0) is 18.4 Å². The molecule has 22 heavy (non-hydrogen) atoms. The molecule has 0 aliphatic carbocycles. The zero-order valence-corrected chi connectivity index (χ0v) is 13.5. The number of nitrogens with zero attached hydrogens (tertiary/aromatic N) is 3. The van der Waals surface area contributed by atoms with Crippen molar-refractivity contribution >= 4 is 0 Å². The molecule has 0 saturated carbocycles. The summed E-state index contributed by atoms with van der Waals surface area (Å²) in [5.41, 5.74) is 4.74. The quantitative estimate of drug-likeness (QED) is 0.756. The first-order valence-electron chi connectivity index (χ1n) is 7.72. The van der Waals surface area contributed by atoms with Crippen molar-refractivity contribution < 1.29 is 0 Å². The van der Waals surface area contributed by atoms with Crippen LogP contribution >= 0.6 is 0 Å². The number of aryl methyl sites for hydroxylation is 2. The highest BCUT2D eigenvalue weighted by atomic mass is 15.1. The van der Waals surface area contributed by atoms with Crippen LogP contribution in [0.2, 0.25) is 0 Å². The van der Waals surface area contributed by atoms with Crippen LogP contribution in [-0.4, -0.2) is 19.7 Å². The fourth-order valence-electron chi connectivity index (χ4n) is 2.58. The van der Waals surface area contributed by atoms with Crippen molar-refractivity contribution in [3.8, 4) is 0 Å². The molecule has 0 fully saturated rings. The number of imidazole rings is 1. The number of aromatic nitrogens is 4. The molecule has 4 heteroatoms. The molecule has 116 valence electrons. The molecule has 0 aliphatic rings. The highest BCUT2D eigenvalue weighted by Gasteiger charge is 2.14. The zero-order chi connectivity index (χ0) is 15.9. The normalized spacial score (nSPS) is 11.6. The molecule has 1 N–H and O–H groups in total. The summed E-state index contributed by atoms with van der Waals surface area (Å²) in [6.45, 7) is 12.6. The lowest BCUT2D eigenvalue weighted by Crippen LogP contribution is -2.07. The van der Waals surface area contributed by atoms with Crippen molar-refractivity contribution in [3.05, 3.63) is 72.1 Å². The Balaban J connectivity index is 2.27. The maximum Gasteiger partial charge on any atom is 0.113 e. The zero-order valence-electron chi connectivity index (χ0n) is 13.5. The predicted molar refractivity (Wildman–Crippen MR) is 90.9 cm³/mol. The second-order valence-electron chi connectivity index (χ2n) is 5.16. The fourth-order valence-corrected chi connectivity index (χ4v) is 2.58. The second-order valence-corrected chi connectivity index (χ2v) is 5.16. The van der Waals surface area contributed by atoms with E-state index in [-0.39, 0.29) is 0 Å². The number of H-pyrrole nitrogens is 1. The van der Waals surface area contributed by atoms with E-state index in [1.165, 1.54) is 11.3 Å². The average molecular weight is 296 g/mol. The molecule has 2 aromatic rings. The van der Waals surface area contributed by atoms with Gasteiger partial charge >= 0.3 is 0 Å². The van der Waals surface area contributed by atoms with Gasteiger partial charge in [-0.1, -0.05) is 45.2 Å². The van der Waals surface area contributed by atoms with Gasteiger partial charge < -0.3 is 4.57 Å². The van der Waals surface area contributed by atoms with Crippen LogP contribution in [0.15, 0.2) is 49.4 Å². The SMILES string of the molecule is C=C/C=C(\C=C)Cn1ccnc1Cc1c(CC)n[nH]c1CC. The van der Waals surface area contributed by atoms with Crippen LogP contribution in [-0.2, 0) is 25.8 Å². The Labute approximate surface area is 132 Å². The molecule has 0 aliphatic heterocycles. The van der Waals surface area contributed by atoms with Crippen molar-refractivity contribution in [3.63, 3.8) is 0 Å². The van der Waals surface area contributed by atoms with Crippen molar-refractivity contribution in [2.45, 2.75) is 39.7 Å². The number of allylic oxidation sites excluding steroid dienone is 4. The van der Waals surface area contributed by atoms with E-state index in [2.05, 4.69) is 46.8 Å². The third-order valence-electron chi connectivity index (χ3n) is 3.81. The lowest BCUT2D eigenvalue weighted by molar-refractivity contribution is 0.736. The van der Waals surface area contributed by atoms with Gasteiger partial charge in [-0.15, -0.1) is 0 Å². The summed E-state index contributed by atoms with van der Waals surface area (Å²) in [7, 11) is 0. The van der Waals surface area contributed by atoms with Crippen LogP contribution in [0.5, 0.6) is 0 Å². The summed E-state index contributed by atoms with van der Waals surface area (Å²) in [4.78, 5) is 4.52. The molecule has 0 spiro atoms. The van der Waals surface area contributed by atoms with Gasteiger partial charge in [-0.3, -0.25) is 5.10 Å². The van der Waals surface area contributed by atoms with Crippen LogP contribution in [0, 0.1) is 0 Å². The minimum atomic E-state index is 0.756. The van der Waals surface area contributed by atoms with E-state index < -0.39 is 0 Å². The Hall–Kier alpha value is -2.36. The van der Waals surface area contributed by atoms with Gasteiger partial charge in [0.05, 0.1) is 5.69 Å². The topological polar surface area (TPSA) is 46.5 Å². The summed E-state index contributed by atoms with van der Waals surface area (Å²) < 4.78 is 2.16. The fraction of sp³-hybridized carbons (Fsp3) is 0.333. The number of rotatable bonds is 8. The van der Waals surface area contributed by atoms with Gasteiger partial charge in [0.1, 0.15) is 5.82 Å². The van der Waals surface area contributed by atoms with Crippen LogP contribution in [0.25, 0.3) is 0 Å². The Morgan fingerprint density at radius 3 is 2.77 bits per heavy atom. The van der Waals surface area contributed by atoms with E-state index >= 15 is 0 Å². The molecule has 2 heterocycles. The van der Waals surface area contributed by atoms with Crippen molar-refractivity contribution in [2.75, 3.05) is 0 Å². The molecule has 2 aromatic heterocycles. The molecule has 2 rings (SSSR count). The summed E-state index contributed by atoms with van der Waals surface area (Å²) in [6.07, 6.45) is 12.2. The number of hydrogen-bond donors (Lipinski definition) is 1. The largest absolute Gasteiger partial charge is 0.330 e. The number of aromatic amines is 1. The lowest BCUT2D eigenvalue weighted by atomic mass is 10.1. The molecule has 4 nitrogen and oxygen atoms in total. The van der Waals surface area contributed by atoms with Crippen LogP contribution in [0.3, 0.4) is 0 Å². The van der Waals surface area contributed by atoms with Gasteiger partial charge in [-0.2, -0.15) is 5.10 Å². The smallest absolute Gasteiger partial charge is 0.113 e. The first kappa shape index (κ1) is 16.0. The van der Waals surface area contributed by atoms with E-state index in [0.29, 0.717) is 0 Å². The first-order chi connectivity index (χ1) is 10.7. The molecule has 0 unspecified atom stereocenters. The van der Waals surface area contributed by atoms with E-state index in [1.54, 1.807) is 6.08 Å². The van der Waals surface area contributed by atoms with Gasteiger partial charge in [0.2, 0.25) is 0 Å². The van der Waals surface area contributed by atoms with Crippen molar-refractivity contribution in [1.82, 2.24) is 19.7 Å². The number of nitrogens with one attached hydrogen (secondary N) is 1. The average Bonchev–Trinajstić information content (AvgIpc) is 3.13. The molecular formula is C18H24N4. The van der Waals surface area contributed by atoms with Gasteiger partial charge in [0, 0.05) is 36.6 Å². The van der Waals surface area contributed by atoms with Crippen LogP contribution < -0.4 is 0 Å². The summed E-state index contributed by atoms with van der Waals surface area (Å²) in [5.74, 6) is 1.04. The monoisotopic (exact) mass is 296 g/mol. The maximum atomic E-state index is 4.52. The molecular weight excluding hydrogens is 272 g/mol. The molecule has 0 amide bonds. The summed E-state index contributed by atoms with van der Waals surface area (Å²) >= 11 is 0. The van der Waals surface area contributed by atoms with Crippen LogP contribution in [0.1, 0.15) is 36.6 Å². The molecule has 0 atom stereocenters. The summed E-state index contributed by atoms with van der Waals surface area (Å²) in [6, 6.07) is 0. The van der Waals surface area contributed by atoms with E-state index in [0.717, 1.165) is 42.9 Å². The third kappa shape index (κ3) is 3.45. The second kappa shape index (κ2) is 7.59. The van der Waals surface area contributed by atoms with Crippen molar-refractivity contribution in [2.24, 2.45) is 0 Å². The van der Waals surface area contributed by atoms with Crippen molar-refractivity contribution in [1.29, 1.82) is 0 Å². The van der Waals surface area contributed by atoms with Crippen LogP contribution in [0.4, 0.5) is 0 Å². The maximum absolute atomic E-state index is 4.52. The Bertz CT molecular complexity index is 652. The van der Waals surface area contributed by atoms with Gasteiger partial charge in [-0.25, -0.2) is 4.98 Å². The van der Waals surface area contributed by atoms with Gasteiger partial charge in [0.25, 0.3) is 0 Å². The standard InChI is InChI=1S/C18H24N4/c1-5-9-14(6-2)13-22-11-10-19-18(22)12-15-16(7-3)20-21-17(15)8-4/h5-6,9-11H,1-2,7-8,12-13H2,3-4H3,(H,20,21)/b14-9+. The Morgan fingerprint density at radius 2 is 2.14 bits per heavy atom. The first-order valence-corrected chi connectivity index (χ1v) is 7.72. The van der Waals surface area contributed by atoms with E-state index in [4.69, 9.17) is 0 Å². The lowest BCUT2D eigenvalue weighted by Gasteiger charge is -2.09. The van der Waals surface area contributed by atoms with E-state index in [1.807, 2.05) is 24.5 Å². The minimum Gasteiger partial charge on any atom is -0.330 e. The number of hydrogen-bond acceptors (Lipinski definition) is 2. The highest BCUT2D eigenvalue weighted by Crippen LogP contribution is 2.18. The predicted octanol–water partition coefficient (Wildman–Crippen LogP) is 3.62. The van der Waals surface area contributed by atoms with Gasteiger partial charge in [0.15, 0.2) is 0 Å². The summed E-state index contributed by atoms with van der Waals surface area (Å²) in [5, 5.41) is 7.57. The molecule has 0 aromatic carbocycles. The van der Waals surface area contributed by atoms with E-state index in [9.17, 15) is 0 Å². The Morgan fingerprint density at radius 1 is 1.32 bits per heavy atom. The Kier molecular flexibility index (Phi) is 5.53. The third-order valence-corrected chi connectivity index (χ3v) is 3.81.